The second kappa shape index (κ2) is 7.43. The second-order valence-corrected chi connectivity index (χ2v) is 5.56. The molecule has 5 heteroatoms. The van der Waals surface area contributed by atoms with Crippen LogP contribution < -0.4 is 15.8 Å². The summed E-state index contributed by atoms with van der Waals surface area (Å²) in [5.41, 5.74) is 0.979. The molecule has 1 fully saturated rings. The third-order valence-electron chi connectivity index (χ3n) is 4.02. The van der Waals surface area contributed by atoms with Crippen LogP contribution in [-0.4, -0.2) is 36.0 Å². The van der Waals surface area contributed by atoms with Gasteiger partial charge in [0.05, 0.1) is 18.4 Å². The van der Waals surface area contributed by atoms with Gasteiger partial charge in [-0.2, -0.15) is 5.10 Å². The van der Waals surface area contributed by atoms with Gasteiger partial charge >= 0.3 is 0 Å². The largest absolute Gasteiger partial charge is 0.370 e. The summed E-state index contributed by atoms with van der Waals surface area (Å²) in [7, 11) is 1.94. The quantitative estimate of drug-likeness (QED) is 0.859. The van der Waals surface area contributed by atoms with E-state index in [2.05, 4.69) is 22.2 Å². The Labute approximate surface area is 121 Å². The van der Waals surface area contributed by atoms with Gasteiger partial charge in [-0.15, -0.1) is 0 Å². The van der Waals surface area contributed by atoms with Gasteiger partial charge in [0.15, 0.2) is 0 Å². The molecule has 0 aromatic carbocycles. The highest BCUT2D eigenvalue weighted by Gasteiger charge is 2.13. The molecule has 1 aromatic rings. The first-order chi connectivity index (χ1) is 9.74. The van der Waals surface area contributed by atoms with Gasteiger partial charge in [-0.05, 0) is 32.7 Å². The van der Waals surface area contributed by atoms with Crippen molar-refractivity contribution >= 4 is 5.69 Å². The van der Waals surface area contributed by atoms with E-state index in [1.165, 1.54) is 19.3 Å². The first-order valence-electron chi connectivity index (χ1n) is 7.74. The molecule has 0 aliphatic carbocycles. The van der Waals surface area contributed by atoms with Crippen molar-refractivity contribution in [2.75, 3.05) is 25.0 Å². The molecule has 0 radical (unpaired) electrons. The molecule has 1 N–H and O–H groups in total. The SMILES string of the molecule is CCCC(Cn1ncc(N2CCCCC2)cc1=O)NC. The third kappa shape index (κ3) is 3.82. The maximum atomic E-state index is 12.2. The van der Waals surface area contributed by atoms with E-state index < -0.39 is 0 Å². The maximum absolute atomic E-state index is 12.2. The number of nitrogens with zero attached hydrogens (tertiary/aromatic N) is 3. The first kappa shape index (κ1) is 15.0. The molecule has 1 aliphatic rings. The molecule has 2 rings (SSSR count). The summed E-state index contributed by atoms with van der Waals surface area (Å²) in [6.45, 7) is 4.88. The first-order valence-corrected chi connectivity index (χ1v) is 7.74. The van der Waals surface area contributed by atoms with Gasteiger partial charge in [0, 0.05) is 25.2 Å². The van der Waals surface area contributed by atoms with E-state index in [1.807, 2.05) is 13.2 Å². The molecular weight excluding hydrogens is 252 g/mol. The van der Waals surface area contributed by atoms with Crippen LogP contribution in [0.4, 0.5) is 5.69 Å². The van der Waals surface area contributed by atoms with Crippen molar-refractivity contribution < 1.29 is 0 Å². The predicted octanol–water partition coefficient (Wildman–Crippen LogP) is 1.62. The fraction of sp³-hybridized carbons (Fsp3) is 0.733. The fourth-order valence-electron chi connectivity index (χ4n) is 2.77. The minimum Gasteiger partial charge on any atom is -0.370 e. The van der Waals surface area contributed by atoms with Crippen LogP contribution in [0.3, 0.4) is 0 Å². The average molecular weight is 278 g/mol. The van der Waals surface area contributed by atoms with Crippen LogP contribution >= 0.6 is 0 Å². The van der Waals surface area contributed by atoms with E-state index >= 15 is 0 Å². The number of rotatable bonds is 6. The lowest BCUT2D eigenvalue weighted by Crippen LogP contribution is -2.36. The van der Waals surface area contributed by atoms with E-state index in [1.54, 1.807) is 10.7 Å². The van der Waals surface area contributed by atoms with E-state index in [0.29, 0.717) is 12.6 Å². The molecule has 20 heavy (non-hydrogen) atoms. The average Bonchev–Trinajstić information content (AvgIpc) is 2.49. The maximum Gasteiger partial charge on any atom is 0.268 e. The number of anilines is 1. The molecule has 1 unspecified atom stereocenters. The second-order valence-electron chi connectivity index (χ2n) is 5.56. The summed E-state index contributed by atoms with van der Waals surface area (Å²) in [4.78, 5) is 14.5. The van der Waals surface area contributed by atoms with Gasteiger partial charge in [0.2, 0.25) is 0 Å². The van der Waals surface area contributed by atoms with Crippen LogP contribution in [0.5, 0.6) is 0 Å². The Morgan fingerprint density at radius 3 is 2.70 bits per heavy atom. The van der Waals surface area contributed by atoms with Gasteiger partial charge in [0.1, 0.15) is 0 Å². The molecule has 1 atom stereocenters. The van der Waals surface area contributed by atoms with Gasteiger partial charge in [-0.1, -0.05) is 13.3 Å². The van der Waals surface area contributed by atoms with Crippen molar-refractivity contribution in [3.05, 3.63) is 22.6 Å². The standard InChI is InChI=1S/C15H26N4O/c1-3-7-13(16-2)12-19-15(20)10-14(11-17-19)18-8-5-4-6-9-18/h10-11,13,16H,3-9,12H2,1-2H3. The van der Waals surface area contributed by atoms with Crippen molar-refractivity contribution in [1.29, 1.82) is 0 Å². The van der Waals surface area contributed by atoms with Crippen LogP contribution in [0, 0.1) is 0 Å². The summed E-state index contributed by atoms with van der Waals surface area (Å²) in [6.07, 6.45) is 7.71. The molecule has 5 nitrogen and oxygen atoms in total. The van der Waals surface area contributed by atoms with Crippen molar-refractivity contribution in [2.24, 2.45) is 0 Å². The Kier molecular flexibility index (Phi) is 5.59. The molecule has 1 aliphatic heterocycles. The third-order valence-corrected chi connectivity index (χ3v) is 4.02. The summed E-state index contributed by atoms with van der Waals surface area (Å²) < 4.78 is 1.57. The van der Waals surface area contributed by atoms with Crippen LogP contribution in [-0.2, 0) is 6.54 Å². The summed E-state index contributed by atoms with van der Waals surface area (Å²) in [6, 6.07) is 2.04. The highest BCUT2D eigenvalue weighted by Crippen LogP contribution is 2.16. The fourth-order valence-corrected chi connectivity index (χ4v) is 2.77. The van der Waals surface area contributed by atoms with Crippen LogP contribution in [0.15, 0.2) is 17.1 Å². The lowest BCUT2D eigenvalue weighted by atomic mass is 10.1. The number of aromatic nitrogens is 2. The van der Waals surface area contributed by atoms with Gasteiger partial charge < -0.3 is 10.2 Å². The van der Waals surface area contributed by atoms with E-state index in [-0.39, 0.29) is 5.56 Å². The zero-order chi connectivity index (χ0) is 14.4. The van der Waals surface area contributed by atoms with Crippen molar-refractivity contribution in [3.8, 4) is 0 Å². The number of piperidine rings is 1. The smallest absolute Gasteiger partial charge is 0.268 e. The molecule has 1 aromatic heterocycles. The lowest BCUT2D eigenvalue weighted by molar-refractivity contribution is 0.414. The summed E-state index contributed by atoms with van der Waals surface area (Å²) in [5.74, 6) is 0. The Morgan fingerprint density at radius 2 is 2.10 bits per heavy atom. The number of nitrogens with one attached hydrogen (secondary N) is 1. The van der Waals surface area contributed by atoms with Crippen molar-refractivity contribution in [3.63, 3.8) is 0 Å². The molecule has 0 bridgehead atoms. The number of hydrogen-bond donors (Lipinski definition) is 1. The number of likely N-dealkylation sites (N-methyl/N-ethyl adjacent to an activating group) is 1. The van der Waals surface area contributed by atoms with E-state index in [9.17, 15) is 4.79 Å². The molecule has 112 valence electrons. The molecule has 0 amide bonds. The minimum atomic E-state index is 0.00410. The van der Waals surface area contributed by atoms with Crippen LogP contribution in [0.2, 0.25) is 0 Å². The molecule has 2 heterocycles. The highest BCUT2D eigenvalue weighted by atomic mass is 16.1. The molecule has 0 saturated carbocycles. The topological polar surface area (TPSA) is 50.2 Å². The Bertz CT molecular complexity index is 465. The van der Waals surface area contributed by atoms with Crippen molar-refractivity contribution in [2.45, 2.75) is 51.6 Å². The van der Waals surface area contributed by atoms with Crippen LogP contribution in [0.1, 0.15) is 39.0 Å². The summed E-state index contributed by atoms with van der Waals surface area (Å²) in [5, 5.41) is 7.59. The lowest BCUT2D eigenvalue weighted by Gasteiger charge is -2.28. The minimum absolute atomic E-state index is 0.00410. The van der Waals surface area contributed by atoms with Gasteiger partial charge in [0.25, 0.3) is 5.56 Å². The predicted molar refractivity (Wildman–Crippen MR) is 82.3 cm³/mol. The molecule has 0 spiro atoms. The Morgan fingerprint density at radius 1 is 1.35 bits per heavy atom. The highest BCUT2D eigenvalue weighted by molar-refractivity contribution is 5.43. The Balaban J connectivity index is 2.07. The van der Waals surface area contributed by atoms with Gasteiger partial charge in [-0.25, -0.2) is 4.68 Å². The van der Waals surface area contributed by atoms with Crippen LogP contribution in [0.25, 0.3) is 0 Å². The van der Waals surface area contributed by atoms with Crippen molar-refractivity contribution in [1.82, 2.24) is 15.1 Å². The summed E-state index contributed by atoms with van der Waals surface area (Å²) >= 11 is 0. The Hall–Kier alpha value is -1.36. The number of hydrogen-bond acceptors (Lipinski definition) is 4. The van der Waals surface area contributed by atoms with E-state index in [0.717, 1.165) is 31.6 Å². The zero-order valence-corrected chi connectivity index (χ0v) is 12.6. The molecule has 1 saturated heterocycles. The monoisotopic (exact) mass is 278 g/mol. The zero-order valence-electron chi connectivity index (χ0n) is 12.6. The van der Waals surface area contributed by atoms with E-state index in [4.69, 9.17) is 0 Å². The molecular formula is C15H26N4O. The van der Waals surface area contributed by atoms with Gasteiger partial charge in [-0.3, -0.25) is 4.79 Å². The normalized spacial score (nSPS) is 17.2.